The molecule has 0 aliphatic carbocycles. The highest BCUT2D eigenvalue weighted by atomic mass is 16.7. The molecule has 10 heteroatoms. The number of amides is 1. The zero-order valence-corrected chi connectivity index (χ0v) is 16.5. The van der Waals surface area contributed by atoms with Crippen molar-refractivity contribution in [3.63, 3.8) is 0 Å². The van der Waals surface area contributed by atoms with E-state index in [4.69, 9.17) is 9.47 Å². The number of carbonyl (C=O) groups is 1. The fourth-order valence-electron chi connectivity index (χ4n) is 3.69. The van der Waals surface area contributed by atoms with E-state index in [0.29, 0.717) is 36.9 Å². The number of aromatic nitrogens is 4. The van der Waals surface area contributed by atoms with Gasteiger partial charge in [-0.3, -0.25) is 4.79 Å². The number of hydrogen-bond donors (Lipinski definition) is 3. The van der Waals surface area contributed by atoms with Crippen LogP contribution in [0.2, 0.25) is 0 Å². The molecule has 1 fully saturated rings. The van der Waals surface area contributed by atoms with Gasteiger partial charge in [0.05, 0.1) is 6.33 Å². The number of imidazole rings is 1. The molecule has 3 aromatic rings. The third-order valence-corrected chi connectivity index (χ3v) is 5.24. The highest BCUT2D eigenvalue weighted by Crippen LogP contribution is 2.32. The minimum absolute atomic E-state index is 0.253. The summed E-state index contributed by atoms with van der Waals surface area (Å²) in [6.07, 6.45) is 4.10. The van der Waals surface area contributed by atoms with Crippen molar-refractivity contribution in [2.45, 2.75) is 25.8 Å². The summed E-state index contributed by atoms with van der Waals surface area (Å²) in [5.41, 5.74) is 2.39. The Morgan fingerprint density at radius 1 is 1.17 bits per heavy atom. The monoisotopic (exact) mass is 409 g/mol. The van der Waals surface area contributed by atoms with Crippen molar-refractivity contribution in [2.75, 3.05) is 37.1 Å². The molecule has 30 heavy (non-hydrogen) atoms. The van der Waals surface area contributed by atoms with Crippen molar-refractivity contribution in [1.82, 2.24) is 24.8 Å². The molecule has 1 aromatic carbocycles. The Morgan fingerprint density at radius 3 is 3.00 bits per heavy atom. The van der Waals surface area contributed by atoms with Gasteiger partial charge in [0.15, 0.2) is 23.0 Å². The van der Waals surface area contributed by atoms with Gasteiger partial charge in [0.2, 0.25) is 18.6 Å². The zero-order valence-electron chi connectivity index (χ0n) is 16.5. The number of H-pyrrole nitrogens is 1. The van der Waals surface area contributed by atoms with Crippen LogP contribution >= 0.6 is 0 Å². The molecule has 0 atom stereocenters. The molecule has 4 heterocycles. The van der Waals surface area contributed by atoms with Crippen LogP contribution in [0.25, 0.3) is 11.2 Å². The lowest BCUT2D eigenvalue weighted by Gasteiger charge is -2.15. The Labute approximate surface area is 173 Å². The molecule has 0 unspecified atom stereocenters. The third-order valence-electron chi connectivity index (χ3n) is 5.24. The predicted octanol–water partition coefficient (Wildman–Crippen LogP) is 2.12. The number of likely N-dealkylation sites (tertiary alicyclic amines) is 1. The van der Waals surface area contributed by atoms with Crippen molar-refractivity contribution in [3.8, 4) is 11.5 Å². The first-order valence-corrected chi connectivity index (χ1v) is 10.1. The number of benzene rings is 1. The lowest BCUT2D eigenvalue weighted by atomic mass is 10.2. The van der Waals surface area contributed by atoms with Gasteiger partial charge >= 0.3 is 0 Å². The second-order valence-corrected chi connectivity index (χ2v) is 7.30. The average molecular weight is 409 g/mol. The van der Waals surface area contributed by atoms with Crippen LogP contribution in [0.5, 0.6) is 11.5 Å². The maximum atomic E-state index is 11.7. The van der Waals surface area contributed by atoms with Gasteiger partial charge in [-0.25, -0.2) is 4.98 Å². The molecule has 0 bridgehead atoms. The van der Waals surface area contributed by atoms with Gasteiger partial charge in [-0.2, -0.15) is 9.97 Å². The summed E-state index contributed by atoms with van der Waals surface area (Å²) in [6.45, 7) is 3.13. The van der Waals surface area contributed by atoms with E-state index in [1.54, 1.807) is 6.33 Å². The van der Waals surface area contributed by atoms with Gasteiger partial charge in [-0.05, 0) is 30.5 Å². The average Bonchev–Trinajstić information content (AvgIpc) is 3.50. The van der Waals surface area contributed by atoms with Crippen LogP contribution in [0.1, 0.15) is 24.8 Å². The summed E-state index contributed by atoms with van der Waals surface area (Å²) >= 11 is 0. The van der Waals surface area contributed by atoms with Gasteiger partial charge in [-0.1, -0.05) is 6.07 Å². The van der Waals surface area contributed by atoms with Crippen LogP contribution in [0.3, 0.4) is 0 Å². The number of ether oxygens (including phenoxy) is 2. The van der Waals surface area contributed by atoms with Gasteiger partial charge < -0.3 is 30.0 Å². The fourth-order valence-corrected chi connectivity index (χ4v) is 3.69. The van der Waals surface area contributed by atoms with E-state index in [2.05, 4.69) is 30.6 Å². The first-order chi connectivity index (χ1) is 14.8. The van der Waals surface area contributed by atoms with Crippen molar-refractivity contribution in [3.05, 3.63) is 30.1 Å². The van der Waals surface area contributed by atoms with E-state index in [9.17, 15) is 4.79 Å². The highest BCUT2D eigenvalue weighted by Gasteiger charge is 2.19. The number of nitrogens with one attached hydrogen (secondary N) is 3. The van der Waals surface area contributed by atoms with Crippen molar-refractivity contribution >= 4 is 28.8 Å². The maximum Gasteiger partial charge on any atom is 0.231 e. The summed E-state index contributed by atoms with van der Waals surface area (Å²) in [6, 6.07) is 5.82. The van der Waals surface area contributed by atoms with Gasteiger partial charge in [-0.15, -0.1) is 0 Å². The Balaban J connectivity index is 1.23. The van der Waals surface area contributed by atoms with Gasteiger partial charge in [0.25, 0.3) is 0 Å². The summed E-state index contributed by atoms with van der Waals surface area (Å²) in [5, 5.41) is 6.60. The lowest BCUT2D eigenvalue weighted by Crippen LogP contribution is -2.27. The number of fused-ring (bicyclic) bond motifs is 2. The Hall–Kier alpha value is -3.56. The normalized spacial score (nSPS) is 15.2. The van der Waals surface area contributed by atoms with Gasteiger partial charge in [0.1, 0.15) is 5.52 Å². The first-order valence-electron chi connectivity index (χ1n) is 10.1. The van der Waals surface area contributed by atoms with Crippen LogP contribution in [0.15, 0.2) is 24.5 Å². The molecular formula is C20H23N7O3. The minimum atomic E-state index is 0.253. The number of anilines is 2. The molecule has 10 nitrogen and oxygen atoms in total. The van der Waals surface area contributed by atoms with Crippen LogP contribution in [0, 0.1) is 0 Å². The van der Waals surface area contributed by atoms with Crippen LogP contribution in [0.4, 0.5) is 11.8 Å². The third kappa shape index (κ3) is 3.80. The van der Waals surface area contributed by atoms with E-state index >= 15 is 0 Å². The molecule has 0 spiro atoms. The van der Waals surface area contributed by atoms with E-state index < -0.39 is 0 Å². The summed E-state index contributed by atoms with van der Waals surface area (Å²) < 4.78 is 10.8. The largest absolute Gasteiger partial charge is 0.454 e. The summed E-state index contributed by atoms with van der Waals surface area (Å²) in [4.78, 5) is 30.1. The Kier molecular flexibility index (Phi) is 4.96. The minimum Gasteiger partial charge on any atom is -0.454 e. The van der Waals surface area contributed by atoms with Gasteiger partial charge in [0, 0.05) is 32.6 Å². The second kappa shape index (κ2) is 8.05. The van der Waals surface area contributed by atoms with Crippen LogP contribution < -0.4 is 20.1 Å². The number of carbonyl (C=O) groups excluding carboxylic acids is 1. The molecule has 2 aromatic heterocycles. The maximum absolute atomic E-state index is 11.7. The molecule has 2 aliphatic heterocycles. The zero-order chi connectivity index (χ0) is 20.3. The van der Waals surface area contributed by atoms with Crippen LogP contribution in [-0.4, -0.2) is 57.2 Å². The van der Waals surface area contributed by atoms with Crippen molar-refractivity contribution in [2.24, 2.45) is 0 Å². The lowest BCUT2D eigenvalue weighted by molar-refractivity contribution is -0.127. The highest BCUT2D eigenvalue weighted by molar-refractivity contribution is 5.83. The summed E-state index contributed by atoms with van der Waals surface area (Å²) in [5.74, 6) is 2.94. The molecule has 1 amide bonds. The molecule has 0 saturated carbocycles. The van der Waals surface area contributed by atoms with Crippen LogP contribution in [-0.2, 0) is 11.3 Å². The number of aromatic amines is 1. The molecule has 3 N–H and O–H groups in total. The predicted molar refractivity (Wildman–Crippen MR) is 110 cm³/mol. The number of nitrogens with zero attached hydrogens (tertiary/aromatic N) is 4. The second-order valence-electron chi connectivity index (χ2n) is 7.30. The Bertz CT molecular complexity index is 1070. The first kappa shape index (κ1) is 18.5. The molecule has 2 aliphatic rings. The molecule has 156 valence electrons. The standard InChI is InChI=1S/C20H23N7O3/c28-16-3-1-7-27(16)8-2-6-21-18-17-19(24-11-23-17)26-20(25-18)22-10-13-4-5-14-15(9-13)30-12-29-14/h4-5,9,11H,1-3,6-8,10,12H2,(H3,21,22,23,24,25,26). The molecular weight excluding hydrogens is 386 g/mol. The molecule has 1 saturated heterocycles. The van der Waals surface area contributed by atoms with E-state index in [1.165, 1.54) is 0 Å². The number of hydrogen-bond acceptors (Lipinski definition) is 8. The topological polar surface area (TPSA) is 117 Å². The van der Waals surface area contributed by atoms with E-state index in [0.717, 1.165) is 48.5 Å². The molecule has 5 rings (SSSR count). The van der Waals surface area contributed by atoms with Crippen molar-refractivity contribution < 1.29 is 14.3 Å². The summed E-state index contributed by atoms with van der Waals surface area (Å²) in [7, 11) is 0. The Morgan fingerprint density at radius 2 is 2.10 bits per heavy atom. The van der Waals surface area contributed by atoms with Crippen molar-refractivity contribution in [1.29, 1.82) is 0 Å². The quantitative estimate of drug-likeness (QED) is 0.484. The fraction of sp³-hybridized carbons (Fsp3) is 0.400. The smallest absolute Gasteiger partial charge is 0.231 e. The molecule has 0 radical (unpaired) electrons. The van der Waals surface area contributed by atoms with E-state index in [1.807, 2.05) is 23.1 Å². The number of rotatable bonds is 8. The van der Waals surface area contributed by atoms with E-state index in [-0.39, 0.29) is 12.7 Å². The SMILES string of the molecule is O=C1CCCN1CCCNc1nc(NCc2ccc3c(c2)OCO3)nc2nc[nH]c12.